The number of hydrogen-bond donors (Lipinski definition) is 3. The summed E-state index contributed by atoms with van der Waals surface area (Å²) < 4.78 is 42.1. The van der Waals surface area contributed by atoms with Crippen LogP contribution in [0, 0.1) is 0 Å². The molecule has 0 fully saturated rings. The summed E-state index contributed by atoms with van der Waals surface area (Å²) in [6.07, 6.45) is -1.34. The van der Waals surface area contributed by atoms with E-state index in [1.54, 1.807) is 12.3 Å². The maximum atomic E-state index is 13.8. The van der Waals surface area contributed by atoms with Gasteiger partial charge in [0.15, 0.2) is 0 Å². The molecule has 0 spiro atoms. The van der Waals surface area contributed by atoms with Crippen molar-refractivity contribution in [1.82, 2.24) is 24.8 Å². The van der Waals surface area contributed by atoms with E-state index in [4.69, 9.17) is 23.2 Å². The number of alkyl halides is 3. The predicted molar refractivity (Wildman–Crippen MR) is 124 cm³/mol. The number of hydrogen-bond acceptors (Lipinski definition) is 4. The molecule has 0 aliphatic heterocycles. The fraction of sp³-hybridized carbons (Fsp3) is 0.182. The van der Waals surface area contributed by atoms with Gasteiger partial charge in [-0.1, -0.05) is 35.3 Å². The van der Waals surface area contributed by atoms with E-state index in [-0.39, 0.29) is 38.9 Å². The highest BCUT2D eigenvalue weighted by Gasteiger charge is 2.38. The van der Waals surface area contributed by atoms with E-state index in [0.29, 0.717) is 6.42 Å². The first-order valence-corrected chi connectivity index (χ1v) is 11.0. The van der Waals surface area contributed by atoms with Gasteiger partial charge in [0.25, 0.3) is 5.91 Å². The van der Waals surface area contributed by atoms with Gasteiger partial charge in [-0.25, -0.2) is 9.97 Å². The summed E-state index contributed by atoms with van der Waals surface area (Å²) in [7, 11) is 0. The predicted octanol–water partition coefficient (Wildman–Crippen LogP) is 4.70. The molecule has 0 radical (unpaired) electrons. The zero-order valence-electron chi connectivity index (χ0n) is 17.8. The lowest BCUT2D eigenvalue weighted by molar-refractivity contribution is -0.147. The van der Waals surface area contributed by atoms with E-state index < -0.39 is 30.4 Å². The SMILES string of the molecule is O=C(Cn1c(C(F)(F)F)nc2c(NC(=O)c3c(Cl)cccc3Cl)cccc21)NCCc1cnc[nH]1. The van der Waals surface area contributed by atoms with E-state index in [1.165, 1.54) is 36.7 Å². The number of carbonyl (C=O) groups excluding carboxylic acids is 2. The first kappa shape index (κ1) is 24.6. The summed E-state index contributed by atoms with van der Waals surface area (Å²) in [6, 6.07) is 8.70. The Morgan fingerprint density at radius 1 is 1.09 bits per heavy atom. The van der Waals surface area contributed by atoms with Crippen molar-refractivity contribution in [2.75, 3.05) is 11.9 Å². The smallest absolute Gasteiger partial charge is 0.354 e. The number of fused-ring (bicyclic) bond motifs is 1. The highest BCUT2D eigenvalue weighted by Crippen LogP contribution is 2.34. The van der Waals surface area contributed by atoms with Crippen LogP contribution in [0.5, 0.6) is 0 Å². The number of para-hydroxylation sites is 1. The van der Waals surface area contributed by atoms with Crippen LogP contribution in [0.15, 0.2) is 48.9 Å². The number of halogens is 5. The van der Waals surface area contributed by atoms with Gasteiger partial charge in [-0.2, -0.15) is 13.2 Å². The first-order chi connectivity index (χ1) is 16.6. The Morgan fingerprint density at radius 3 is 2.46 bits per heavy atom. The van der Waals surface area contributed by atoms with Crippen LogP contribution < -0.4 is 10.6 Å². The Morgan fingerprint density at radius 2 is 1.80 bits per heavy atom. The molecule has 13 heteroatoms. The van der Waals surface area contributed by atoms with Gasteiger partial charge in [-0.3, -0.25) is 9.59 Å². The molecule has 2 aromatic heterocycles. The summed E-state index contributed by atoms with van der Waals surface area (Å²) in [5.74, 6) is -2.62. The number of nitrogens with zero attached hydrogens (tertiary/aromatic N) is 3. The molecule has 2 amide bonds. The quantitative estimate of drug-likeness (QED) is 0.326. The van der Waals surface area contributed by atoms with Gasteiger partial charge in [0, 0.05) is 24.9 Å². The summed E-state index contributed by atoms with van der Waals surface area (Å²) >= 11 is 12.1. The van der Waals surface area contributed by atoms with Crippen molar-refractivity contribution < 1.29 is 22.8 Å². The number of carbonyl (C=O) groups is 2. The standard InChI is InChI=1S/C22H17Cl2F3N6O2/c23-13-3-1-4-14(24)18(13)20(35)31-15-5-2-6-16-19(15)32-21(22(25,26)27)33(16)10-17(34)29-8-7-12-9-28-11-30-12/h1-6,9,11H,7-8,10H2,(H,28,30)(H,29,34)(H,31,35). The second-order valence-electron chi connectivity index (χ2n) is 7.42. The first-order valence-electron chi connectivity index (χ1n) is 10.2. The number of imidazole rings is 2. The van der Waals surface area contributed by atoms with E-state index in [0.717, 1.165) is 10.3 Å². The second-order valence-corrected chi connectivity index (χ2v) is 8.23. The molecule has 0 bridgehead atoms. The maximum absolute atomic E-state index is 13.8. The number of H-pyrrole nitrogens is 1. The van der Waals surface area contributed by atoms with Crippen molar-refractivity contribution in [2.45, 2.75) is 19.1 Å². The molecule has 2 heterocycles. The minimum atomic E-state index is -4.84. The number of rotatable bonds is 7. The molecule has 0 unspecified atom stereocenters. The van der Waals surface area contributed by atoms with Crippen molar-refractivity contribution in [3.63, 3.8) is 0 Å². The van der Waals surface area contributed by atoms with Crippen molar-refractivity contribution in [1.29, 1.82) is 0 Å². The van der Waals surface area contributed by atoms with E-state index in [9.17, 15) is 22.8 Å². The summed E-state index contributed by atoms with van der Waals surface area (Å²) in [5.41, 5.74) is 0.631. The topological polar surface area (TPSA) is 105 Å². The molecule has 4 aromatic rings. The molecule has 182 valence electrons. The van der Waals surface area contributed by atoms with Crippen LogP contribution in [-0.2, 0) is 23.9 Å². The molecule has 0 saturated carbocycles. The van der Waals surface area contributed by atoms with Crippen molar-refractivity contribution in [3.05, 3.63) is 76.0 Å². The van der Waals surface area contributed by atoms with Gasteiger partial charge >= 0.3 is 6.18 Å². The van der Waals surface area contributed by atoms with E-state index in [2.05, 4.69) is 25.6 Å². The zero-order chi connectivity index (χ0) is 25.2. The molecule has 8 nitrogen and oxygen atoms in total. The van der Waals surface area contributed by atoms with Crippen LogP contribution in [0.1, 0.15) is 21.9 Å². The van der Waals surface area contributed by atoms with Crippen LogP contribution in [0.4, 0.5) is 18.9 Å². The molecule has 35 heavy (non-hydrogen) atoms. The molecular formula is C22H17Cl2F3N6O2. The van der Waals surface area contributed by atoms with Gasteiger partial charge in [0.05, 0.1) is 33.1 Å². The molecule has 0 saturated heterocycles. The minimum absolute atomic E-state index is 0.00684. The third-order valence-electron chi connectivity index (χ3n) is 5.04. The van der Waals surface area contributed by atoms with E-state index >= 15 is 0 Å². The lowest BCUT2D eigenvalue weighted by Gasteiger charge is -2.12. The van der Waals surface area contributed by atoms with Gasteiger partial charge in [-0.15, -0.1) is 0 Å². The second kappa shape index (κ2) is 9.96. The molecule has 0 aliphatic carbocycles. The Kier molecular flexibility index (Phi) is 6.99. The third kappa shape index (κ3) is 5.41. The number of benzene rings is 2. The molecule has 3 N–H and O–H groups in total. The average Bonchev–Trinajstić information content (AvgIpc) is 3.42. The fourth-order valence-corrected chi connectivity index (χ4v) is 4.05. The van der Waals surface area contributed by atoms with Crippen molar-refractivity contribution in [3.8, 4) is 0 Å². The molecule has 4 rings (SSSR count). The highest BCUT2D eigenvalue weighted by molar-refractivity contribution is 6.40. The summed E-state index contributed by atoms with van der Waals surface area (Å²) in [4.78, 5) is 35.7. The monoisotopic (exact) mass is 524 g/mol. The number of amides is 2. The number of aromatic amines is 1. The Balaban J connectivity index is 1.62. The third-order valence-corrected chi connectivity index (χ3v) is 5.67. The summed E-state index contributed by atoms with van der Waals surface area (Å²) in [5, 5.41) is 5.26. The van der Waals surface area contributed by atoms with Gasteiger partial charge in [0.1, 0.15) is 12.1 Å². The van der Waals surface area contributed by atoms with Crippen LogP contribution in [0.2, 0.25) is 10.0 Å². The maximum Gasteiger partial charge on any atom is 0.449 e. The van der Waals surface area contributed by atoms with Gasteiger partial charge in [0.2, 0.25) is 11.7 Å². The van der Waals surface area contributed by atoms with Crippen molar-refractivity contribution in [2.24, 2.45) is 0 Å². The fourth-order valence-electron chi connectivity index (χ4n) is 3.48. The van der Waals surface area contributed by atoms with Gasteiger partial charge in [-0.05, 0) is 24.3 Å². The normalized spacial score (nSPS) is 11.6. The molecule has 0 atom stereocenters. The highest BCUT2D eigenvalue weighted by atomic mass is 35.5. The van der Waals surface area contributed by atoms with Gasteiger partial charge < -0.3 is 20.2 Å². The van der Waals surface area contributed by atoms with E-state index in [1.807, 2.05) is 0 Å². The number of anilines is 1. The molecular weight excluding hydrogens is 508 g/mol. The van der Waals surface area contributed by atoms with Crippen LogP contribution in [0.3, 0.4) is 0 Å². The lowest BCUT2D eigenvalue weighted by atomic mass is 10.2. The average molecular weight is 525 g/mol. The van der Waals surface area contributed by atoms with Crippen LogP contribution in [-0.4, -0.2) is 37.9 Å². The van der Waals surface area contributed by atoms with Crippen LogP contribution >= 0.6 is 23.2 Å². The zero-order valence-corrected chi connectivity index (χ0v) is 19.3. The Hall–Kier alpha value is -3.57. The largest absolute Gasteiger partial charge is 0.449 e. The summed E-state index contributed by atoms with van der Waals surface area (Å²) in [6.45, 7) is -0.420. The molecule has 0 aliphatic rings. The number of nitrogens with one attached hydrogen (secondary N) is 3. The molecule has 2 aromatic carbocycles. The van der Waals surface area contributed by atoms with Crippen LogP contribution in [0.25, 0.3) is 11.0 Å². The minimum Gasteiger partial charge on any atom is -0.354 e. The Labute approximate surface area is 206 Å². The van der Waals surface area contributed by atoms with Crippen molar-refractivity contribution >= 4 is 51.7 Å². The number of aromatic nitrogens is 4. The Bertz CT molecular complexity index is 1370. The lowest BCUT2D eigenvalue weighted by Crippen LogP contribution is -2.31.